The summed E-state index contributed by atoms with van der Waals surface area (Å²) in [4.78, 5) is 25.1. The minimum Gasteiger partial charge on any atom is -0.444 e. The summed E-state index contributed by atoms with van der Waals surface area (Å²) >= 11 is 0. The van der Waals surface area contributed by atoms with Crippen LogP contribution in [0.25, 0.3) is 0 Å². The summed E-state index contributed by atoms with van der Waals surface area (Å²) in [6, 6.07) is -0.100. The molecule has 2 fully saturated rings. The normalized spacial score (nSPS) is 22.7. The van der Waals surface area contributed by atoms with Crippen LogP contribution >= 0.6 is 0 Å². The van der Waals surface area contributed by atoms with Crippen LogP contribution in [0.15, 0.2) is 0 Å². The van der Waals surface area contributed by atoms with Crippen molar-refractivity contribution in [1.82, 2.24) is 15.5 Å². The Labute approximate surface area is 113 Å². The number of hydrogen-bond acceptors (Lipinski definition) is 3. The van der Waals surface area contributed by atoms with E-state index in [2.05, 4.69) is 10.6 Å². The molecule has 0 radical (unpaired) electrons. The Hall–Kier alpha value is -1.46. The fourth-order valence-corrected chi connectivity index (χ4v) is 2.58. The molecule has 1 spiro atoms. The lowest BCUT2D eigenvalue weighted by Crippen LogP contribution is -2.62. The van der Waals surface area contributed by atoms with Gasteiger partial charge in [-0.25, -0.2) is 9.59 Å². The number of urea groups is 1. The van der Waals surface area contributed by atoms with E-state index in [0.29, 0.717) is 19.6 Å². The highest BCUT2D eigenvalue weighted by atomic mass is 16.6. The second-order valence-corrected chi connectivity index (χ2v) is 6.38. The fourth-order valence-electron chi connectivity index (χ4n) is 2.58. The van der Waals surface area contributed by atoms with Crippen molar-refractivity contribution in [2.24, 2.45) is 0 Å². The van der Waals surface area contributed by atoms with Gasteiger partial charge >= 0.3 is 12.1 Å². The third-order valence-electron chi connectivity index (χ3n) is 3.64. The van der Waals surface area contributed by atoms with Gasteiger partial charge in [-0.1, -0.05) is 0 Å². The summed E-state index contributed by atoms with van der Waals surface area (Å²) in [5, 5.41) is 5.77. The minimum atomic E-state index is -0.463. The lowest BCUT2D eigenvalue weighted by Gasteiger charge is -2.44. The van der Waals surface area contributed by atoms with Gasteiger partial charge in [-0.3, -0.25) is 0 Å². The number of hydrogen-bond donors (Lipinski definition) is 2. The van der Waals surface area contributed by atoms with Crippen LogP contribution in [0.4, 0.5) is 9.59 Å². The molecule has 2 aliphatic heterocycles. The van der Waals surface area contributed by atoms with Crippen LogP contribution in [0.3, 0.4) is 0 Å². The molecule has 0 bridgehead atoms. The molecule has 0 aromatic heterocycles. The zero-order chi connectivity index (χ0) is 14.1. The molecular weight excluding hydrogens is 246 g/mol. The van der Waals surface area contributed by atoms with Crippen LogP contribution in [-0.2, 0) is 4.74 Å². The molecule has 2 saturated heterocycles. The summed E-state index contributed by atoms with van der Waals surface area (Å²) < 4.78 is 5.36. The van der Waals surface area contributed by atoms with Crippen LogP contribution in [0.2, 0.25) is 0 Å². The van der Waals surface area contributed by atoms with Gasteiger partial charge in [-0.2, -0.15) is 0 Å². The van der Waals surface area contributed by atoms with Crippen molar-refractivity contribution >= 4 is 12.1 Å². The van der Waals surface area contributed by atoms with Crippen LogP contribution < -0.4 is 10.6 Å². The van der Waals surface area contributed by atoms with Gasteiger partial charge in [0.1, 0.15) is 5.60 Å². The second-order valence-electron chi connectivity index (χ2n) is 6.38. The summed E-state index contributed by atoms with van der Waals surface area (Å²) in [6.07, 6.45) is 2.24. The topological polar surface area (TPSA) is 70.7 Å². The lowest BCUT2D eigenvalue weighted by molar-refractivity contribution is 0.0143. The Balaban J connectivity index is 1.88. The summed E-state index contributed by atoms with van der Waals surface area (Å²) in [5.41, 5.74) is -0.601. The molecule has 6 nitrogen and oxygen atoms in total. The number of ether oxygens (including phenoxy) is 1. The molecule has 2 heterocycles. The Kier molecular flexibility index (Phi) is 3.60. The number of piperidine rings is 1. The number of amides is 3. The highest BCUT2D eigenvalue weighted by Crippen LogP contribution is 2.27. The highest BCUT2D eigenvalue weighted by molar-refractivity contribution is 5.76. The molecule has 0 aliphatic carbocycles. The van der Waals surface area contributed by atoms with Gasteiger partial charge in [0.15, 0.2) is 0 Å². The molecule has 108 valence electrons. The van der Waals surface area contributed by atoms with Gasteiger partial charge in [0.05, 0.1) is 0 Å². The van der Waals surface area contributed by atoms with E-state index in [0.717, 1.165) is 19.3 Å². The number of rotatable bonds is 0. The highest BCUT2D eigenvalue weighted by Gasteiger charge is 2.39. The third-order valence-corrected chi connectivity index (χ3v) is 3.64. The average molecular weight is 269 g/mol. The van der Waals surface area contributed by atoms with E-state index in [1.54, 1.807) is 4.90 Å². The van der Waals surface area contributed by atoms with Gasteiger partial charge < -0.3 is 20.3 Å². The molecule has 19 heavy (non-hydrogen) atoms. The zero-order valence-corrected chi connectivity index (χ0v) is 11.9. The zero-order valence-electron chi connectivity index (χ0n) is 11.9. The van der Waals surface area contributed by atoms with Crippen LogP contribution in [0.5, 0.6) is 0 Å². The van der Waals surface area contributed by atoms with E-state index in [9.17, 15) is 9.59 Å². The number of carbonyl (C=O) groups is 2. The second kappa shape index (κ2) is 4.90. The fraction of sp³-hybridized carbons (Fsp3) is 0.846. The first-order valence-electron chi connectivity index (χ1n) is 6.84. The summed E-state index contributed by atoms with van der Waals surface area (Å²) in [7, 11) is 0. The van der Waals surface area contributed by atoms with Crippen LogP contribution in [-0.4, -0.2) is 47.8 Å². The molecule has 0 atom stereocenters. The van der Waals surface area contributed by atoms with Crippen molar-refractivity contribution in [1.29, 1.82) is 0 Å². The first-order valence-corrected chi connectivity index (χ1v) is 6.84. The molecule has 0 aromatic rings. The van der Waals surface area contributed by atoms with E-state index in [-0.39, 0.29) is 17.7 Å². The Morgan fingerprint density at radius 3 is 2.42 bits per heavy atom. The first kappa shape index (κ1) is 14.0. The maximum atomic E-state index is 12.0. The molecule has 2 aliphatic rings. The summed E-state index contributed by atoms with van der Waals surface area (Å²) in [6.45, 7) is 7.57. The van der Waals surface area contributed by atoms with Crippen LogP contribution in [0.1, 0.15) is 40.0 Å². The van der Waals surface area contributed by atoms with Gasteiger partial charge in [0.25, 0.3) is 0 Å². The molecule has 6 heteroatoms. The predicted octanol–water partition coefficient (Wildman–Crippen LogP) is 1.46. The molecule has 2 N–H and O–H groups in total. The molecular formula is C13H23N3O3. The number of nitrogens with one attached hydrogen (secondary N) is 2. The maximum absolute atomic E-state index is 12.0. The largest absolute Gasteiger partial charge is 0.444 e. The SMILES string of the molecule is CC(C)(C)OC(=O)N1CCC2(CCNC(=O)N2)CC1. The predicted molar refractivity (Wildman–Crippen MR) is 70.9 cm³/mol. The van der Waals surface area contributed by atoms with E-state index in [1.807, 2.05) is 20.8 Å². The van der Waals surface area contributed by atoms with E-state index >= 15 is 0 Å². The Morgan fingerprint density at radius 1 is 1.26 bits per heavy atom. The smallest absolute Gasteiger partial charge is 0.410 e. The van der Waals surface area contributed by atoms with Gasteiger partial charge in [-0.15, -0.1) is 0 Å². The van der Waals surface area contributed by atoms with Crippen molar-refractivity contribution in [3.05, 3.63) is 0 Å². The average Bonchev–Trinajstić information content (AvgIpc) is 2.27. The minimum absolute atomic E-state index is 0.100. The quantitative estimate of drug-likeness (QED) is 0.699. The molecule has 3 amide bonds. The van der Waals surface area contributed by atoms with Crippen LogP contribution in [0, 0.1) is 0 Å². The van der Waals surface area contributed by atoms with Crippen molar-refractivity contribution in [2.45, 2.75) is 51.2 Å². The van der Waals surface area contributed by atoms with Gasteiger partial charge in [0, 0.05) is 25.2 Å². The van der Waals surface area contributed by atoms with Gasteiger partial charge in [-0.05, 0) is 40.0 Å². The Morgan fingerprint density at radius 2 is 1.89 bits per heavy atom. The number of carbonyl (C=O) groups excluding carboxylic acids is 2. The monoisotopic (exact) mass is 269 g/mol. The van der Waals surface area contributed by atoms with E-state index in [4.69, 9.17) is 4.74 Å². The van der Waals surface area contributed by atoms with E-state index in [1.165, 1.54) is 0 Å². The molecule has 0 unspecified atom stereocenters. The maximum Gasteiger partial charge on any atom is 0.410 e. The number of nitrogens with zero attached hydrogens (tertiary/aromatic N) is 1. The lowest BCUT2D eigenvalue weighted by atomic mass is 9.83. The summed E-state index contributed by atoms with van der Waals surface area (Å²) in [5.74, 6) is 0. The molecule has 0 saturated carbocycles. The van der Waals surface area contributed by atoms with Gasteiger partial charge in [0.2, 0.25) is 0 Å². The number of likely N-dealkylation sites (tertiary alicyclic amines) is 1. The molecule has 0 aromatic carbocycles. The van der Waals surface area contributed by atoms with Crippen molar-refractivity contribution in [3.63, 3.8) is 0 Å². The van der Waals surface area contributed by atoms with Crippen molar-refractivity contribution in [2.75, 3.05) is 19.6 Å². The molecule has 2 rings (SSSR count). The van der Waals surface area contributed by atoms with Crippen molar-refractivity contribution < 1.29 is 14.3 Å². The third kappa shape index (κ3) is 3.52. The Bertz CT molecular complexity index is 368. The van der Waals surface area contributed by atoms with E-state index < -0.39 is 5.60 Å². The van der Waals surface area contributed by atoms with Crippen molar-refractivity contribution in [3.8, 4) is 0 Å². The standard InChI is InChI=1S/C13H23N3O3/c1-12(2,3)19-11(18)16-8-5-13(6-9-16)4-7-14-10(17)15-13/h4-9H2,1-3H3,(H2,14,15,17). The first-order chi connectivity index (χ1) is 8.80.